The lowest BCUT2D eigenvalue weighted by Crippen LogP contribution is -2.40. The second-order valence-electron chi connectivity index (χ2n) is 7.72. The number of halogens is 4. The van der Waals surface area contributed by atoms with Crippen molar-refractivity contribution in [3.8, 4) is 5.75 Å². The van der Waals surface area contributed by atoms with Crippen molar-refractivity contribution in [2.45, 2.75) is 11.1 Å². The normalized spacial score (nSPS) is 11.7. The monoisotopic (exact) mass is 583 g/mol. The zero-order chi connectivity index (χ0) is 28.6. The van der Waals surface area contributed by atoms with E-state index in [9.17, 15) is 31.2 Å². The molecular weight excluding hydrogens is 563 g/mol. The van der Waals surface area contributed by atoms with E-state index in [4.69, 9.17) is 16.3 Å². The van der Waals surface area contributed by atoms with E-state index in [1.165, 1.54) is 49.7 Å². The summed E-state index contributed by atoms with van der Waals surface area (Å²) < 4.78 is 76.9. The van der Waals surface area contributed by atoms with Gasteiger partial charge in [-0.25, -0.2) is 18.6 Å². The summed E-state index contributed by atoms with van der Waals surface area (Å²) in [5, 5.41) is 3.45. The maximum Gasteiger partial charge on any atom is 0.416 e. The molecule has 0 radical (unpaired) electrons. The number of nitrogens with zero attached hydrogens (tertiary/aromatic N) is 2. The number of hydrogen-bond acceptors (Lipinski definition) is 7. The van der Waals surface area contributed by atoms with Gasteiger partial charge in [0.1, 0.15) is 12.3 Å². The van der Waals surface area contributed by atoms with Crippen LogP contribution < -0.4 is 14.5 Å². The quantitative estimate of drug-likeness (QED) is 0.217. The number of hydrogen-bond donors (Lipinski definition) is 1. The predicted molar refractivity (Wildman–Crippen MR) is 137 cm³/mol. The average Bonchev–Trinajstić information content (AvgIpc) is 2.91. The summed E-state index contributed by atoms with van der Waals surface area (Å²) in [5.41, 5.74) is 0.982. The van der Waals surface area contributed by atoms with Crippen molar-refractivity contribution in [1.82, 2.24) is 5.43 Å². The Hall–Kier alpha value is -4.10. The molecule has 0 bridgehead atoms. The molecule has 1 N–H and O–H groups in total. The summed E-state index contributed by atoms with van der Waals surface area (Å²) in [6.45, 7) is -1.20. The van der Waals surface area contributed by atoms with E-state index in [1.54, 1.807) is 18.2 Å². The number of alkyl halides is 3. The van der Waals surface area contributed by atoms with E-state index in [0.29, 0.717) is 27.8 Å². The molecule has 0 aromatic heterocycles. The Balaban J connectivity index is 1.81. The Labute approximate surface area is 226 Å². The standard InChI is InChI=1S/C25H21ClF3N3O6S/c1-37-24(34)16-38-19-10-7-17(8-11-19)14-30-31-23(33)15-32(39(35,36)20-5-3-2-4-6-20)22-13-18(25(27,28)29)9-12-21(22)26/h2-14H,15-16H2,1H3,(H,31,33)/b30-14-. The summed E-state index contributed by atoms with van der Waals surface area (Å²) in [5.74, 6) is -1.13. The number of esters is 1. The number of ether oxygens (including phenoxy) is 2. The molecule has 0 heterocycles. The van der Waals surface area contributed by atoms with Gasteiger partial charge in [-0.15, -0.1) is 0 Å². The van der Waals surface area contributed by atoms with Crippen LogP contribution in [-0.2, 0) is 30.5 Å². The van der Waals surface area contributed by atoms with Crippen LogP contribution in [-0.4, -0.2) is 46.8 Å². The van der Waals surface area contributed by atoms with Gasteiger partial charge in [0, 0.05) is 0 Å². The Morgan fingerprint density at radius 2 is 1.72 bits per heavy atom. The molecule has 206 valence electrons. The van der Waals surface area contributed by atoms with Gasteiger partial charge in [-0.05, 0) is 60.2 Å². The van der Waals surface area contributed by atoms with Crippen LogP contribution in [0.4, 0.5) is 18.9 Å². The number of sulfonamides is 1. The summed E-state index contributed by atoms with van der Waals surface area (Å²) >= 11 is 6.09. The first kappa shape index (κ1) is 29.5. The van der Waals surface area contributed by atoms with Gasteiger partial charge >= 0.3 is 12.1 Å². The molecule has 3 aromatic rings. The SMILES string of the molecule is COC(=O)COc1ccc(/C=N\NC(=O)CN(c2cc(C(F)(F)F)ccc2Cl)S(=O)(=O)c2ccccc2)cc1. The van der Waals surface area contributed by atoms with Crippen molar-refractivity contribution < 1.29 is 40.7 Å². The Bertz CT molecular complexity index is 1450. The lowest BCUT2D eigenvalue weighted by atomic mass is 10.2. The summed E-state index contributed by atoms with van der Waals surface area (Å²) in [6, 6.07) is 15.3. The number of methoxy groups -OCH3 is 1. The van der Waals surface area contributed by atoms with E-state index in [0.717, 1.165) is 6.07 Å². The maximum atomic E-state index is 13.4. The molecular formula is C25H21ClF3N3O6S. The van der Waals surface area contributed by atoms with Crippen LogP contribution in [0.5, 0.6) is 5.75 Å². The van der Waals surface area contributed by atoms with Crippen molar-refractivity contribution in [1.29, 1.82) is 0 Å². The van der Waals surface area contributed by atoms with Gasteiger partial charge in [-0.1, -0.05) is 29.8 Å². The zero-order valence-electron chi connectivity index (χ0n) is 20.2. The highest BCUT2D eigenvalue weighted by Crippen LogP contribution is 2.37. The third-order valence-electron chi connectivity index (χ3n) is 5.03. The van der Waals surface area contributed by atoms with Crippen LogP contribution in [0.25, 0.3) is 0 Å². The second-order valence-corrected chi connectivity index (χ2v) is 9.99. The first-order chi connectivity index (χ1) is 18.4. The molecule has 0 unspecified atom stereocenters. The van der Waals surface area contributed by atoms with Crippen LogP contribution >= 0.6 is 11.6 Å². The highest BCUT2D eigenvalue weighted by Gasteiger charge is 2.34. The number of hydrazone groups is 1. The zero-order valence-corrected chi connectivity index (χ0v) is 21.8. The molecule has 0 aliphatic carbocycles. The van der Waals surface area contributed by atoms with Crippen molar-refractivity contribution in [3.63, 3.8) is 0 Å². The van der Waals surface area contributed by atoms with Gasteiger partial charge < -0.3 is 9.47 Å². The van der Waals surface area contributed by atoms with Gasteiger partial charge in [0.25, 0.3) is 15.9 Å². The molecule has 9 nitrogen and oxygen atoms in total. The fourth-order valence-electron chi connectivity index (χ4n) is 3.10. The molecule has 39 heavy (non-hydrogen) atoms. The topological polar surface area (TPSA) is 114 Å². The number of carbonyl (C=O) groups is 2. The number of benzene rings is 3. The lowest BCUT2D eigenvalue weighted by Gasteiger charge is -2.25. The fraction of sp³-hybridized carbons (Fsp3) is 0.160. The molecule has 0 aliphatic heterocycles. The maximum absolute atomic E-state index is 13.4. The van der Waals surface area contributed by atoms with E-state index in [-0.39, 0.29) is 16.5 Å². The largest absolute Gasteiger partial charge is 0.482 e. The first-order valence-electron chi connectivity index (χ1n) is 11.0. The number of carbonyl (C=O) groups excluding carboxylic acids is 2. The van der Waals surface area contributed by atoms with Crippen molar-refractivity contribution in [3.05, 3.63) is 88.9 Å². The molecule has 0 spiro atoms. The molecule has 3 rings (SSSR count). The van der Waals surface area contributed by atoms with E-state index < -0.39 is 45.9 Å². The molecule has 1 amide bonds. The van der Waals surface area contributed by atoms with E-state index in [1.807, 2.05) is 0 Å². The molecule has 0 saturated carbocycles. The molecule has 0 fully saturated rings. The Morgan fingerprint density at radius 1 is 1.05 bits per heavy atom. The highest BCUT2D eigenvalue weighted by atomic mass is 35.5. The van der Waals surface area contributed by atoms with Gasteiger partial charge in [0.05, 0.1) is 34.5 Å². The Kier molecular flexibility index (Phi) is 9.54. The molecule has 3 aromatic carbocycles. The van der Waals surface area contributed by atoms with Crippen molar-refractivity contribution in [2.75, 3.05) is 24.6 Å². The number of nitrogens with one attached hydrogen (secondary N) is 1. The van der Waals surface area contributed by atoms with Crippen molar-refractivity contribution in [2.24, 2.45) is 5.10 Å². The van der Waals surface area contributed by atoms with Crippen molar-refractivity contribution >= 4 is 45.4 Å². The lowest BCUT2D eigenvalue weighted by molar-refractivity contribution is -0.143. The van der Waals surface area contributed by atoms with Crippen LogP contribution in [0.1, 0.15) is 11.1 Å². The van der Waals surface area contributed by atoms with E-state index >= 15 is 0 Å². The summed E-state index contributed by atoms with van der Waals surface area (Å²) in [7, 11) is -3.28. The fourth-order valence-corrected chi connectivity index (χ4v) is 4.82. The minimum atomic E-state index is -4.78. The van der Waals surface area contributed by atoms with Crippen LogP contribution in [0.3, 0.4) is 0 Å². The van der Waals surface area contributed by atoms with Gasteiger partial charge in [0.2, 0.25) is 0 Å². The second kappa shape index (κ2) is 12.6. The predicted octanol–water partition coefficient (Wildman–Crippen LogP) is 4.26. The smallest absolute Gasteiger partial charge is 0.416 e. The third kappa shape index (κ3) is 7.94. The summed E-state index contributed by atoms with van der Waals surface area (Å²) in [6.07, 6.45) is -3.54. The molecule has 0 atom stereocenters. The van der Waals surface area contributed by atoms with Crippen LogP contribution in [0.2, 0.25) is 5.02 Å². The molecule has 0 aliphatic rings. The number of amides is 1. The Morgan fingerprint density at radius 3 is 2.33 bits per heavy atom. The van der Waals surface area contributed by atoms with Gasteiger partial charge in [0.15, 0.2) is 6.61 Å². The minimum Gasteiger partial charge on any atom is -0.482 e. The van der Waals surface area contributed by atoms with Gasteiger partial charge in [-0.2, -0.15) is 18.3 Å². The third-order valence-corrected chi connectivity index (χ3v) is 7.12. The molecule has 0 saturated heterocycles. The average molecular weight is 584 g/mol. The number of rotatable bonds is 10. The van der Waals surface area contributed by atoms with E-state index in [2.05, 4.69) is 15.3 Å². The van der Waals surface area contributed by atoms with Crippen LogP contribution in [0, 0.1) is 0 Å². The highest BCUT2D eigenvalue weighted by molar-refractivity contribution is 7.92. The minimum absolute atomic E-state index is 0.260. The van der Waals surface area contributed by atoms with Gasteiger partial charge in [-0.3, -0.25) is 9.10 Å². The van der Waals surface area contributed by atoms with Crippen LogP contribution in [0.15, 0.2) is 82.8 Å². The summed E-state index contributed by atoms with van der Waals surface area (Å²) in [4.78, 5) is 23.5. The molecule has 14 heteroatoms. The first-order valence-corrected chi connectivity index (χ1v) is 12.8. The number of anilines is 1.